The molecule has 2 rings (SSSR count). The fourth-order valence-corrected chi connectivity index (χ4v) is 2.90. The van der Waals surface area contributed by atoms with E-state index in [0.717, 1.165) is 10.8 Å². The van der Waals surface area contributed by atoms with Gasteiger partial charge in [-0.2, -0.15) is 0 Å². The minimum absolute atomic E-state index is 0.0420. The van der Waals surface area contributed by atoms with Gasteiger partial charge in [-0.3, -0.25) is 0 Å². The number of imidazole rings is 1. The van der Waals surface area contributed by atoms with Crippen LogP contribution in [0.1, 0.15) is 11.8 Å². The standard InChI is InChI=1S/C13H17ClN4OS/c1-10(8-18-7-6-15-9-18)17-13(19)16-5-4-11-2-3-12(14)20-11/h2-3,6-7,9-10H,4-5,8H2,1H3,(H2,16,17,19)/t10-/m0/s1. The summed E-state index contributed by atoms with van der Waals surface area (Å²) in [5.41, 5.74) is 0. The number of carbonyl (C=O) groups is 1. The van der Waals surface area contributed by atoms with Crippen LogP contribution in [-0.4, -0.2) is 28.2 Å². The summed E-state index contributed by atoms with van der Waals surface area (Å²) >= 11 is 7.39. The topological polar surface area (TPSA) is 59.0 Å². The van der Waals surface area contributed by atoms with Crippen LogP contribution in [0.5, 0.6) is 0 Å². The van der Waals surface area contributed by atoms with Crippen molar-refractivity contribution >= 4 is 29.0 Å². The maximum absolute atomic E-state index is 11.7. The third-order valence-electron chi connectivity index (χ3n) is 2.71. The molecule has 0 aromatic carbocycles. The average molecular weight is 313 g/mol. The summed E-state index contributed by atoms with van der Waals surface area (Å²) in [5.74, 6) is 0. The van der Waals surface area contributed by atoms with E-state index in [0.29, 0.717) is 13.1 Å². The number of hydrogen-bond donors (Lipinski definition) is 2. The molecule has 0 aliphatic heterocycles. The number of hydrogen-bond acceptors (Lipinski definition) is 3. The van der Waals surface area contributed by atoms with Gasteiger partial charge in [0, 0.05) is 36.4 Å². The normalized spacial score (nSPS) is 12.1. The van der Waals surface area contributed by atoms with E-state index in [1.807, 2.05) is 29.8 Å². The van der Waals surface area contributed by atoms with Crippen molar-refractivity contribution in [2.24, 2.45) is 0 Å². The van der Waals surface area contributed by atoms with E-state index in [1.54, 1.807) is 12.5 Å². The van der Waals surface area contributed by atoms with E-state index in [9.17, 15) is 4.79 Å². The van der Waals surface area contributed by atoms with E-state index in [2.05, 4.69) is 15.6 Å². The number of halogens is 1. The number of thiophene rings is 1. The van der Waals surface area contributed by atoms with Crippen molar-refractivity contribution in [3.63, 3.8) is 0 Å². The van der Waals surface area contributed by atoms with Crippen LogP contribution in [0.15, 0.2) is 30.9 Å². The highest BCUT2D eigenvalue weighted by Gasteiger charge is 2.07. The predicted molar refractivity (Wildman–Crippen MR) is 81.3 cm³/mol. The molecule has 2 N–H and O–H groups in total. The molecule has 108 valence electrons. The quantitative estimate of drug-likeness (QED) is 0.861. The van der Waals surface area contributed by atoms with Gasteiger partial charge in [0.1, 0.15) is 0 Å². The summed E-state index contributed by atoms with van der Waals surface area (Å²) in [5, 5.41) is 5.73. The Bertz CT molecular complexity index is 540. The minimum atomic E-state index is -0.153. The molecular formula is C13H17ClN4OS. The number of urea groups is 1. The van der Waals surface area contributed by atoms with E-state index in [-0.39, 0.29) is 12.1 Å². The van der Waals surface area contributed by atoms with Gasteiger partial charge in [0.2, 0.25) is 0 Å². The second kappa shape index (κ2) is 7.31. The molecule has 7 heteroatoms. The predicted octanol–water partition coefficient (Wildman–Crippen LogP) is 2.53. The van der Waals surface area contributed by atoms with Gasteiger partial charge in [0.05, 0.1) is 10.7 Å². The summed E-state index contributed by atoms with van der Waals surface area (Å²) < 4.78 is 2.71. The van der Waals surface area contributed by atoms with E-state index in [4.69, 9.17) is 11.6 Å². The SMILES string of the molecule is C[C@@H](Cn1ccnc1)NC(=O)NCCc1ccc(Cl)s1. The Balaban J connectivity index is 1.64. The van der Waals surface area contributed by atoms with E-state index in [1.165, 1.54) is 16.2 Å². The highest BCUT2D eigenvalue weighted by atomic mass is 35.5. The summed E-state index contributed by atoms with van der Waals surface area (Å²) in [6.07, 6.45) is 6.12. The maximum Gasteiger partial charge on any atom is 0.315 e. The van der Waals surface area contributed by atoms with Gasteiger partial charge in [0.25, 0.3) is 0 Å². The molecule has 0 aliphatic carbocycles. The molecule has 1 atom stereocenters. The first-order valence-electron chi connectivity index (χ1n) is 6.38. The lowest BCUT2D eigenvalue weighted by molar-refractivity contribution is 0.236. The fraction of sp³-hybridized carbons (Fsp3) is 0.385. The molecule has 5 nitrogen and oxygen atoms in total. The first kappa shape index (κ1) is 14.9. The van der Waals surface area contributed by atoms with Crippen LogP contribution in [0.3, 0.4) is 0 Å². The lowest BCUT2D eigenvalue weighted by Gasteiger charge is -2.14. The van der Waals surface area contributed by atoms with Gasteiger partial charge in [-0.15, -0.1) is 11.3 Å². The molecule has 0 saturated carbocycles. The monoisotopic (exact) mass is 312 g/mol. The summed E-state index contributed by atoms with van der Waals surface area (Å²) in [7, 11) is 0. The Hall–Kier alpha value is -1.53. The third kappa shape index (κ3) is 4.86. The molecule has 2 heterocycles. The number of nitrogens with zero attached hydrogens (tertiary/aromatic N) is 2. The van der Waals surface area contributed by atoms with Crippen molar-refractivity contribution in [3.8, 4) is 0 Å². The highest BCUT2D eigenvalue weighted by Crippen LogP contribution is 2.21. The van der Waals surface area contributed by atoms with Gasteiger partial charge < -0.3 is 15.2 Å². The minimum Gasteiger partial charge on any atom is -0.338 e. The Kier molecular flexibility index (Phi) is 5.43. The Morgan fingerprint density at radius 2 is 2.40 bits per heavy atom. The number of rotatable bonds is 6. The third-order valence-corrected chi connectivity index (χ3v) is 4.00. The first-order valence-corrected chi connectivity index (χ1v) is 7.57. The summed E-state index contributed by atoms with van der Waals surface area (Å²) in [6, 6.07) is 3.74. The van der Waals surface area contributed by atoms with Crippen molar-refractivity contribution < 1.29 is 4.79 Å². The van der Waals surface area contributed by atoms with Gasteiger partial charge in [-0.05, 0) is 25.5 Å². The zero-order valence-electron chi connectivity index (χ0n) is 11.2. The number of aromatic nitrogens is 2. The molecule has 0 spiro atoms. The van der Waals surface area contributed by atoms with Gasteiger partial charge in [-0.1, -0.05) is 11.6 Å². The van der Waals surface area contributed by atoms with Gasteiger partial charge in [-0.25, -0.2) is 9.78 Å². The van der Waals surface area contributed by atoms with Crippen LogP contribution in [-0.2, 0) is 13.0 Å². The van der Waals surface area contributed by atoms with Crippen molar-refractivity contribution in [3.05, 3.63) is 40.1 Å². The van der Waals surface area contributed by atoms with Crippen molar-refractivity contribution in [1.82, 2.24) is 20.2 Å². The molecule has 0 bridgehead atoms. The van der Waals surface area contributed by atoms with E-state index < -0.39 is 0 Å². The van der Waals surface area contributed by atoms with Crippen LogP contribution in [0.4, 0.5) is 4.79 Å². The molecule has 0 unspecified atom stereocenters. The lowest BCUT2D eigenvalue weighted by atomic mass is 10.3. The van der Waals surface area contributed by atoms with Crippen molar-refractivity contribution in [1.29, 1.82) is 0 Å². The van der Waals surface area contributed by atoms with Crippen LogP contribution >= 0.6 is 22.9 Å². The van der Waals surface area contributed by atoms with Crippen LogP contribution in [0, 0.1) is 0 Å². The van der Waals surface area contributed by atoms with Gasteiger partial charge >= 0.3 is 6.03 Å². The smallest absolute Gasteiger partial charge is 0.315 e. The van der Waals surface area contributed by atoms with E-state index >= 15 is 0 Å². The summed E-state index contributed by atoms with van der Waals surface area (Å²) in [6.45, 7) is 3.26. The molecule has 0 fully saturated rings. The zero-order chi connectivity index (χ0) is 14.4. The number of nitrogens with one attached hydrogen (secondary N) is 2. The van der Waals surface area contributed by atoms with Crippen LogP contribution < -0.4 is 10.6 Å². The second-order valence-corrected chi connectivity index (χ2v) is 6.32. The zero-order valence-corrected chi connectivity index (χ0v) is 12.7. The number of amides is 2. The van der Waals surface area contributed by atoms with Gasteiger partial charge in [0.15, 0.2) is 0 Å². The largest absolute Gasteiger partial charge is 0.338 e. The van der Waals surface area contributed by atoms with Crippen molar-refractivity contribution in [2.45, 2.75) is 25.9 Å². The Labute approximate surface area is 127 Å². The molecule has 20 heavy (non-hydrogen) atoms. The fourth-order valence-electron chi connectivity index (χ4n) is 1.82. The first-order chi connectivity index (χ1) is 9.63. The molecule has 0 radical (unpaired) electrons. The lowest BCUT2D eigenvalue weighted by Crippen LogP contribution is -2.43. The van der Waals surface area contributed by atoms with Crippen molar-refractivity contribution in [2.75, 3.05) is 6.54 Å². The molecule has 2 amide bonds. The molecular weight excluding hydrogens is 296 g/mol. The Morgan fingerprint density at radius 3 is 3.05 bits per heavy atom. The molecule has 2 aromatic rings. The molecule has 2 aromatic heterocycles. The highest BCUT2D eigenvalue weighted by molar-refractivity contribution is 7.16. The maximum atomic E-state index is 11.7. The average Bonchev–Trinajstić information content (AvgIpc) is 3.01. The molecule has 0 saturated heterocycles. The number of carbonyl (C=O) groups excluding carboxylic acids is 1. The van der Waals surface area contributed by atoms with Crippen LogP contribution in [0.2, 0.25) is 4.34 Å². The second-order valence-electron chi connectivity index (χ2n) is 4.52. The summed E-state index contributed by atoms with van der Waals surface area (Å²) in [4.78, 5) is 16.8. The van der Waals surface area contributed by atoms with Crippen LogP contribution in [0.25, 0.3) is 0 Å². The molecule has 0 aliphatic rings. The Morgan fingerprint density at radius 1 is 1.55 bits per heavy atom.